The van der Waals surface area contributed by atoms with Crippen LogP contribution >= 0.6 is 0 Å². The smallest absolute Gasteiger partial charge is 0.122 e. The van der Waals surface area contributed by atoms with Crippen LogP contribution < -0.4 is 0 Å². The second-order valence-corrected chi connectivity index (χ2v) is 1.20. The van der Waals surface area contributed by atoms with Gasteiger partial charge in [0.15, 0.2) is 0 Å². The van der Waals surface area contributed by atoms with Gasteiger partial charge in [0, 0.05) is 7.26 Å². The third-order valence-electron chi connectivity index (χ3n) is 0.236. The van der Waals surface area contributed by atoms with E-state index >= 15 is 0 Å². The maximum atomic E-state index is 9.64. The highest BCUT2D eigenvalue weighted by Crippen LogP contribution is 1.78. The first-order valence-electron chi connectivity index (χ1n) is 2.02. The summed E-state index contributed by atoms with van der Waals surface area (Å²) < 4.78 is 6.81. The van der Waals surface area contributed by atoms with Gasteiger partial charge in [-0.05, 0) is 0 Å². The van der Waals surface area contributed by atoms with E-state index in [9.17, 15) is 4.79 Å². The molecule has 0 aliphatic rings. The minimum Gasteiger partial charge on any atom is -0.303 e. The molecule has 5 heavy (non-hydrogen) atoms. The summed E-state index contributed by atoms with van der Waals surface area (Å²) in [6.45, 7) is 3.08. The summed E-state index contributed by atoms with van der Waals surface area (Å²) in [5.74, 6) is -0.889. The summed E-state index contributed by atoms with van der Waals surface area (Å²) in [7, 11) is 0. The first-order chi connectivity index (χ1) is 2.56. The average molecular weight is 75.1 g/mol. The van der Waals surface area contributed by atoms with Gasteiger partial charge in [-0.3, -0.25) is 0 Å². The van der Waals surface area contributed by atoms with E-state index in [1.807, 2.05) is 0 Å². The molecule has 1 atom stereocenters. The molecule has 0 rings (SSSR count). The Hall–Kier alpha value is -0.330. The third-order valence-corrected chi connectivity index (χ3v) is 0.236. The zero-order valence-electron chi connectivity index (χ0n) is 4.49. The highest BCUT2D eigenvalue weighted by Gasteiger charge is 1.79. The van der Waals surface area contributed by atoms with Gasteiger partial charge < -0.3 is 4.79 Å². The van der Waals surface area contributed by atoms with Crippen LogP contribution in [-0.4, -0.2) is 6.29 Å². The molecule has 0 saturated heterocycles. The summed E-state index contributed by atoms with van der Waals surface area (Å²) in [4.78, 5) is 9.64. The normalized spacial score (nSPS) is 23.2. The van der Waals surface area contributed by atoms with E-state index in [0.717, 1.165) is 0 Å². The number of carbonyl (C=O) groups excluding carboxylic acids is 1. The first-order valence-corrected chi connectivity index (χ1v) is 1.52. The lowest BCUT2D eigenvalue weighted by molar-refractivity contribution is -0.110. The Kier molecular flexibility index (Phi) is 1.12. The predicted molar refractivity (Wildman–Crippen MR) is 20.9 cm³/mol. The van der Waals surface area contributed by atoms with E-state index in [4.69, 9.17) is 1.37 Å². The standard InChI is InChI=1S/C4H8O/c1-4(2)3-5/h3-4H,1-2H3/i1+1,3+1,4D. The van der Waals surface area contributed by atoms with Crippen molar-refractivity contribution in [1.29, 1.82) is 0 Å². The maximum Gasteiger partial charge on any atom is 0.122 e. The van der Waals surface area contributed by atoms with Gasteiger partial charge in [0.2, 0.25) is 0 Å². The molecule has 0 aromatic rings. The quantitative estimate of drug-likeness (QED) is 0.333. The molecular formula is C4H8O. The van der Waals surface area contributed by atoms with Crippen molar-refractivity contribution in [3.8, 4) is 0 Å². The predicted octanol–water partition coefficient (Wildman–Crippen LogP) is 0.841. The van der Waals surface area contributed by atoms with Crippen molar-refractivity contribution >= 4 is 6.29 Å². The summed E-state index contributed by atoms with van der Waals surface area (Å²) in [5, 5.41) is 0. The molecule has 0 aromatic carbocycles. The van der Waals surface area contributed by atoms with Crippen LogP contribution in [0.3, 0.4) is 0 Å². The van der Waals surface area contributed by atoms with Gasteiger partial charge in [0.05, 0.1) is 0 Å². The van der Waals surface area contributed by atoms with Crippen molar-refractivity contribution in [3.05, 3.63) is 0 Å². The summed E-state index contributed by atoms with van der Waals surface area (Å²) >= 11 is 0. The Morgan fingerprint density at radius 1 is 2.00 bits per heavy atom. The van der Waals surface area contributed by atoms with Gasteiger partial charge in [-0.2, -0.15) is 0 Å². The zero-order valence-corrected chi connectivity index (χ0v) is 3.49. The molecule has 0 aliphatic heterocycles. The van der Waals surface area contributed by atoms with E-state index in [0.29, 0.717) is 6.29 Å². The minimum atomic E-state index is -0.889. The number of carbonyl (C=O) groups is 1. The van der Waals surface area contributed by atoms with Gasteiger partial charge in [0.1, 0.15) is 6.29 Å². The molecule has 0 saturated carbocycles. The van der Waals surface area contributed by atoms with E-state index < -0.39 is 5.89 Å². The molecule has 1 unspecified atom stereocenters. The molecule has 0 N–H and O–H groups in total. The van der Waals surface area contributed by atoms with Crippen LogP contribution in [0.5, 0.6) is 0 Å². The Labute approximate surface area is 33.4 Å². The number of hydrogen-bond acceptors (Lipinski definition) is 1. The Morgan fingerprint density at radius 3 is 2.20 bits per heavy atom. The first kappa shape index (κ1) is 2.88. The van der Waals surface area contributed by atoms with Crippen LogP contribution in [0.25, 0.3) is 0 Å². The van der Waals surface area contributed by atoms with E-state index in [1.54, 1.807) is 13.8 Å². The minimum absolute atomic E-state index is 0.604. The highest BCUT2D eigenvalue weighted by atomic mass is 16.2. The van der Waals surface area contributed by atoms with E-state index in [2.05, 4.69) is 0 Å². The molecule has 0 radical (unpaired) electrons. The molecule has 0 spiro atoms. The molecule has 0 aromatic heterocycles. The van der Waals surface area contributed by atoms with Crippen LogP contribution in [0.1, 0.15) is 15.2 Å². The monoisotopic (exact) mass is 75.1 g/mol. The molecule has 1 nitrogen and oxygen atoms in total. The Balaban J connectivity index is 3.45. The van der Waals surface area contributed by atoms with Crippen molar-refractivity contribution in [2.24, 2.45) is 5.89 Å². The van der Waals surface area contributed by atoms with Crippen LogP contribution in [0.2, 0.25) is 0 Å². The SMILES string of the molecule is [2H]C(C)([13CH3])[13CH]=O. The molecule has 0 amide bonds. The van der Waals surface area contributed by atoms with Crippen LogP contribution in [-0.2, 0) is 4.79 Å². The maximum absolute atomic E-state index is 9.64. The zero-order chi connectivity index (χ0) is 5.21. The van der Waals surface area contributed by atoms with Gasteiger partial charge in [-0.1, -0.05) is 13.8 Å². The van der Waals surface area contributed by atoms with Gasteiger partial charge in [0.25, 0.3) is 0 Å². The molecule has 1 heteroatoms. The molecule has 0 aliphatic carbocycles. The second-order valence-electron chi connectivity index (χ2n) is 1.20. The lowest BCUT2D eigenvalue weighted by Crippen LogP contribution is -1.82. The molecule has 0 heterocycles. The molecule has 0 fully saturated rings. The summed E-state index contributed by atoms with van der Waals surface area (Å²) in [6, 6.07) is 0. The fourth-order valence-electron chi connectivity index (χ4n) is 0. The average Bonchev–Trinajstić information content (AvgIpc) is 1.35. The number of rotatable bonds is 1. The van der Waals surface area contributed by atoms with E-state index in [-0.39, 0.29) is 0 Å². The van der Waals surface area contributed by atoms with Gasteiger partial charge in [-0.15, -0.1) is 0 Å². The lowest BCUT2D eigenvalue weighted by atomic mass is 10.5. The van der Waals surface area contributed by atoms with Crippen molar-refractivity contribution in [1.82, 2.24) is 0 Å². The van der Waals surface area contributed by atoms with Crippen molar-refractivity contribution in [3.63, 3.8) is 0 Å². The topological polar surface area (TPSA) is 17.1 Å². The Morgan fingerprint density at radius 2 is 2.20 bits per heavy atom. The third kappa shape index (κ3) is 3.67. The van der Waals surface area contributed by atoms with Crippen molar-refractivity contribution in [2.75, 3.05) is 0 Å². The Bertz CT molecular complexity index is 53.1. The van der Waals surface area contributed by atoms with Crippen LogP contribution in [0.4, 0.5) is 0 Å². The largest absolute Gasteiger partial charge is 0.303 e. The van der Waals surface area contributed by atoms with Gasteiger partial charge >= 0.3 is 0 Å². The number of aldehydes is 1. The molecule has 30 valence electrons. The summed E-state index contributed by atoms with van der Waals surface area (Å²) in [6.07, 6.45) is 0.604. The van der Waals surface area contributed by atoms with Crippen LogP contribution in [0.15, 0.2) is 0 Å². The van der Waals surface area contributed by atoms with Crippen LogP contribution in [0, 0.1) is 5.89 Å². The fraction of sp³-hybridized carbons (Fsp3) is 0.750. The lowest BCUT2D eigenvalue weighted by Gasteiger charge is -1.78. The number of hydrogen-bond donors (Lipinski definition) is 0. The van der Waals surface area contributed by atoms with Gasteiger partial charge in [-0.25, -0.2) is 0 Å². The van der Waals surface area contributed by atoms with E-state index in [1.165, 1.54) is 0 Å². The molecular weight excluding hydrogens is 66.0 g/mol. The second kappa shape index (κ2) is 1.94. The fourth-order valence-corrected chi connectivity index (χ4v) is 0. The summed E-state index contributed by atoms with van der Waals surface area (Å²) in [5.41, 5.74) is 0. The van der Waals surface area contributed by atoms with Crippen molar-refractivity contribution in [2.45, 2.75) is 13.8 Å². The highest BCUT2D eigenvalue weighted by molar-refractivity contribution is 5.51. The van der Waals surface area contributed by atoms with Crippen molar-refractivity contribution < 1.29 is 6.17 Å². The molecule has 0 bridgehead atoms.